The van der Waals surface area contributed by atoms with Crippen LogP contribution in [0.25, 0.3) is 0 Å². The van der Waals surface area contributed by atoms with Crippen LogP contribution in [-0.2, 0) is 66.6 Å². The summed E-state index contributed by atoms with van der Waals surface area (Å²) in [4.78, 5) is 121. The Hall–Kier alpha value is -6.22. The molecule has 0 aromatic heterocycles. The van der Waals surface area contributed by atoms with Gasteiger partial charge in [-0.2, -0.15) is 0 Å². The summed E-state index contributed by atoms with van der Waals surface area (Å²) in [6, 6.07) is 13.7. The minimum atomic E-state index is -5.17. The third-order valence-electron chi connectivity index (χ3n) is 12.0. The molecule has 2 saturated heterocycles. The largest absolute Gasteiger partial charge is 0.508 e. The molecule has 2 bridgehead atoms. The molecule has 2 heterocycles. The van der Waals surface area contributed by atoms with E-state index in [-0.39, 0.29) is 44.3 Å². The Labute approximate surface area is 392 Å². The van der Waals surface area contributed by atoms with Crippen molar-refractivity contribution in [3.05, 3.63) is 102 Å². The van der Waals surface area contributed by atoms with Gasteiger partial charge in [0.05, 0.1) is 6.61 Å². The minimum Gasteiger partial charge on any atom is -0.508 e. The molecule has 3 aromatic carbocycles. The third-order valence-corrected chi connectivity index (χ3v) is 12.5. The summed E-state index contributed by atoms with van der Waals surface area (Å²) in [6.07, 6.45) is -5.87. The molecular formula is C46H59N6O15P. The quantitative estimate of drug-likeness (QED) is 0.0802. The number of cyclic esters (lactones) is 1. The summed E-state index contributed by atoms with van der Waals surface area (Å²) in [6.45, 7) is 3.35. The molecule has 2 aliphatic rings. The van der Waals surface area contributed by atoms with Crippen molar-refractivity contribution in [3.63, 3.8) is 0 Å². The molecule has 3 aromatic rings. The number of aliphatic hydroxyl groups is 2. The van der Waals surface area contributed by atoms with Crippen LogP contribution >= 0.6 is 7.82 Å². The van der Waals surface area contributed by atoms with E-state index in [1.165, 1.54) is 38.2 Å². The molecule has 2 fully saturated rings. The Morgan fingerprint density at radius 3 is 1.97 bits per heavy atom. The lowest BCUT2D eigenvalue weighted by Crippen LogP contribution is -2.65. The standard InChI is InChI=1S/C46H59N6O15P/c1-5-26(2)38-46(62)67-27(3)39(50-42(58)36(54)25-66-68(63,64)65)43(59)48-33(22-28-12-8-6-9-13-28)40(56)47-32-20-21-37(55)52(44(32)60)35(24-29-14-10-7-11-15-29)45(61)51(4)34(41(57)49-38)23-30-16-18-31(53)19-17-30/h6-19,26-27,32-39,53-55H,5,20-25H2,1-4H3,(H,47,56)(H,48,59)(H,49,57)(H,50,58)(H2,63,64,65)/t26-,27+,32-,33-,34-,35-,36-,37+,38-,39-/m0/s1. The number of likely N-dealkylation sites (N-methyl/N-ethyl adjacent to an activating group) is 1. The first-order valence-corrected chi connectivity index (χ1v) is 23.6. The number of phosphoric acid groups is 1. The van der Waals surface area contributed by atoms with E-state index < -0.39 is 116 Å². The van der Waals surface area contributed by atoms with Gasteiger partial charge in [-0.15, -0.1) is 0 Å². The van der Waals surface area contributed by atoms with Crippen LogP contribution in [-0.4, -0.2) is 145 Å². The topological polar surface area (TPSA) is 311 Å². The first kappa shape index (κ1) is 52.7. The van der Waals surface area contributed by atoms with Gasteiger partial charge in [-0.1, -0.05) is 93.1 Å². The van der Waals surface area contributed by atoms with Gasteiger partial charge >= 0.3 is 13.8 Å². The smallest absolute Gasteiger partial charge is 0.469 e. The Morgan fingerprint density at radius 1 is 0.809 bits per heavy atom. The fourth-order valence-corrected chi connectivity index (χ4v) is 8.25. The van der Waals surface area contributed by atoms with Crippen molar-refractivity contribution in [3.8, 4) is 5.75 Å². The number of aromatic hydroxyl groups is 1. The van der Waals surface area contributed by atoms with Crippen LogP contribution in [0.3, 0.4) is 0 Å². The molecule has 68 heavy (non-hydrogen) atoms. The van der Waals surface area contributed by atoms with Crippen molar-refractivity contribution in [2.24, 2.45) is 5.92 Å². The summed E-state index contributed by atoms with van der Waals surface area (Å²) in [7, 11) is -3.83. The predicted octanol–water partition coefficient (Wildman–Crippen LogP) is -0.0427. The minimum absolute atomic E-state index is 0.0717. The van der Waals surface area contributed by atoms with Crippen molar-refractivity contribution in [2.45, 2.75) is 114 Å². The fraction of sp³-hybridized carbons (Fsp3) is 0.457. The molecule has 6 amide bonds. The molecule has 21 nitrogen and oxygen atoms in total. The van der Waals surface area contributed by atoms with E-state index in [0.717, 1.165) is 9.80 Å². The molecule has 22 heteroatoms. The number of benzene rings is 3. The lowest BCUT2D eigenvalue weighted by Gasteiger charge is -2.43. The molecule has 5 rings (SSSR count). The Balaban J connectivity index is 1.64. The normalized spacial score (nSPS) is 25.6. The molecule has 9 N–H and O–H groups in total. The Morgan fingerprint density at radius 2 is 1.38 bits per heavy atom. The second-order valence-electron chi connectivity index (χ2n) is 17.0. The van der Waals surface area contributed by atoms with E-state index in [9.17, 15) is 48.7 Å². The number of piperidine rings is 1. The number of esters is 1. The van der Waals surface area contributed by atoms with Crippen LogP contribution in [0.1, 0.15) is 56.7 Å². The van der Waals surface area contributed by atoms with Crippen molar-refractivity contribution < 1.29 is 72.5 Å². The number of aliphatic hydroxyl groups excluding tert-OH is 2. The van der Waals surface area contributed by atoms with Crippen LogP contribution in [0.15, 0.2) is 84.9 Å². The zero-order valence-electron chi connectivity index (χ0n) is 38.0. The van der Waals surface area contributed by atoms with E-state index >= 15 is 4.79 Å². The van der Waals surface area contributed by atoms with Gasteiger partial charge in [-0.25, -0.2) is 9.36 Å². The van der Waals surface area contributed by atoms with E-state index in [2.05, 4.69) is 25.8 Å². The highest BCUT2D eigenvalue weighted by Gasteiger charge is 2.46. The van der Waals surface area contributed by atoms with Crippen molar-refractivity contribution in [1.82, 2.24) is 31.1 Å². The molecule has 10 atom stereocenters. The van der Waals surface area contributed by atoms with Gasteiger partial charge in [0.15, 0.2) is 6.10 Å². The molecule has 2 aliphatic heterocycles. The maximum Gasteiger partial charge on any atom is 0.469 e. The van der Waals surface area contributed by atoms with Crippen molar-refractivity contribution >= 4 is 49.2 Å². The SMILES string of the molecule is CC[C@H](C)[C@@H]1NC(=O)[C@H](Cc2ccc(O)cc2)N(C)C(=O)[C@H](Cc2ccccc2)N2C(=O)[C@H](CC[C@H]2O)NC(=O)[C@H](Cc2ccccc2)NC(=O)[C@@H](NC(=O)[C@@H](O)COP(=O)(O)O)[C@@H](C)OC1=O. The second kappa shape index (κ2) is 23.7. The highest BCUT2D eigenvalue weighted by Crippen LogP contribution is 2.35. The number of hydrogen-bond donors (Lipinski definition) is 9. The van der Waals surface area contributed by atoms with E-state index in [1.54, 1.807) is 74.5 Å². The first-order chi connectivity index (χ1) is 32.2. The van der Waals surface area contributed by atoms with Crippen molar-refractivity contribution in [1.29, 1.82) is 0 Å². The molecule has 0 radical (unpaired) electrons. The maximum absolute atomic E-state index is 15.1. The zero-order valence-corrected chi connectivity index (χ0v) is 38.9. The van der Waals surface area contributed by atoms with Gasteiger partial charge in [0.2, 0.25) is 29.5 Å². The van der Waals surface area contributed by atoms with E-state index in [0.29, 0.717) is 16.7 Å². The highest BCUT2D eigenvalue weighted by atomic mass is 31.2. The monoisotopic (exact) mass is 966 g/mol. The number of nitrogens with one attached hydrogen (secondary N) is 4. The first-order valence-electron chi connectivity index (χ1n) is 22.1. The van der Waals surface area contributed by atoms with E-state index in [4.69, 9.17) is 14.5 Å². The summed E-state index contributed by atoms with van der Waals surface area (Å²) in [5.41, 5.74) is 1.61. The molecule has 0 unspecified atom stereocenters. The highest BCUT2D eigenvalue weighted by molar-refractivity contribution is 7.46. The summed E-state index contributed by atoms with van der Waals surface area (Å²) in [5, 5.41) is 42.2. The molecule has 0 spiro atoms. The number of ether oxygens (including phenoxy) is 1. The number of fused-ring (bicyclic) bond motifs is 2. The third kappa shape index (κ3) is 14.2. The fourth-order valence-electron chi connectivity index (χ4n) is 7.92. The number of nitrogens with zero attached hydrogens (tertiary/aromatic N) is 2. The number of hydrogen-bond acceptors (Lipinski definition) is 13. The summed E-state index contributed by atoms with van der Waals surface area (Å²) >= 11 is 0. The number of phenols is 1. The zero-order chi connectivity index (χ0) is 49.9. The summed E-state index contributed by atoms with van der Waals surface area (Å²) in [5.74, 6) is -7.74. The maximum atomic E-state index is 15.1. The van der Waals surface area contributed by atoms with Gasteiger partial charge in [0.1, 0.15) is 54.3 Å². The number of carbonyl (C=O) groups excluding carboxylic acids is 7. The van der Waals surface area contributed by atoms with Crippen LogP contribution in [0.4, 0.5) is 0 Å². The van der Waals surface area contributed by atoms with Crippen LogP contribution in [0, 0.1) is 5.92 Å². The molecular weight excluding hydrogens is 908 g/mol. The lowest BCUT2D eigenvalue weighted by molar-refractivity contribution is -0.165. The Kier molecular flexibility index (Phi) is 18.4. The molecule has 0 saturated carbocycles. The van der Waals surface area contributed by atoms with Gasteiger partial charge < -0.3 is 60.9 Å². The predicted molar refractivity (Wildman–Crippen MR) is 241 cm³/mol. The van der Waals surface area contributed by atoms with E-state index in [1.807, 2.05) is 0 Å². The molecule has 0 aliphatic carbocycles. The molecule has 368 valence electrons. The summed E-state index contributed by atoms with van der Waals surface area (Å²) < 4.78 is 21.4. The van der Waals surface area contributed by atoms with Crippen molar-refractivity contribution in [2.75, 3.05) is 13.7 Å². The Bertz CT molecular complexity index is 2300. The van der Waals surface area contributed by atoms with Crippen LogP contribution < -0.4 is 21.3 Å². The number of phenolic OH excluding ortho intramolecular Hbond substituents is 1. The van der Waals surface area contributed by atoms with Crippen LogP contribution in [0.2, 0.25) is 0 Å². The number of rotatable bonds is 13. The lowest BCUT2D eigenvalue weighted by atomic mass is 9.95. The second-order valence-corrected chi connectivity index (χ2v) is 18.2. The number of phosphoric ester groups is 1. The number of amides is 6. The van der Waals surface area contributed by atoms with Crippen LogP contribution in [0.5, 0.6) is 5.75 Å². The average Bonchev–Trinajstić information content (AvgIpc) is 3.30. The average molecular weight is 967 g/mol. The van der Waals surface area contributed by atoms with Gasteiger partial charge in [-0.3, -0.25) is 33.3 Å². The van der Waals surface area contributed by atoms with Gasteiger partial charge in [0, 0.05) is 26.3 Å². The van der Waals surface area contributed by atoms with Gasteiger partial charge in [0.25, 0.3) is 5.91 Å². The number of carbonyl (C=O) groups is 7. The van der Waals surface area contributed by atoms with Gasteiger partial charge in [-0.05, 0) is 54.5 Å².